The summed E-state index contributed by atoms with van der Waals surface area (Å²) in [5, 5.41) is 3.04. The van der Waals surface area contributed by atoms with Crippen LogP contribution in [0.1, 0.15) is 50.4 Å². The van der Waals surface area contributed by atoms with Crippen LogP contribution >= 0.6 is 0 Å². The summed E-state index contributed by atoms with van der Waals surface area (Å²) in [6, 6.07) is 12.7. The Morgan fingerprint density at radius 2 is 1.86 bits per heavy atom. The van der Waals surface area contributed by atoms with E-state index in [-0.39, 0.29) is 17.4 Å². The number of anilines is 1. The van der Waals surface area contributed by atoms with Gasteiger partial charge in [-0.05, 0) is 35.1 Å². The average Bonchev–Trinajstić information content (AvgIpc) is 3.10. The third-order valence-corrected chi connectivity index (χ3v) is 5.25. The van der Waals surface area contributed by atoms with Gasteiger partial charge >= 0.3 is 0 Å². The number of benzene rings is 1. The average molecular weight is 394 g/mol. The predicted octanol–water partition coefficient (Wildman–Crippen LogP) is 4.16. The van der Waals surface area contributed by atoms with E-state index in [1.54, 1.807) is 7.11 Å². The van der Waals surface area contributed by atoms with Crippen molar-refractivity contribution in [2.24, 2.45) is 0 Å². The maximum absolute atomic E-state index is 11.7. The lowest BCUT2D eigenvalue weighted by atomic mass is 9.86. The molecule has 0 spiro atoms. The van der Waals surface area contributed by atoms with E-state index in [1.165, 1.54) is 5.56 Å². The highest BCUT2D eigenvalue weighted by atomic mass is 16.5. The minimum atomic E-state index is 0.0149. The van der Waals surface area contributed by atoms with Gasteiger partial charge in [0.05, 0.1) is 18.5 Å². The minimum absolute atomic E-state index is 0.0149. The van der Waals surface area contributed by atoms with E-state index in [4.69, 9.17) is 9.72 Å². The summed E-state index contributed by atoms with van der Waals surface area (Å²) in [7, 11) is 5.57. The largest absolute Gasteiger partial charge is 0.480 e. The number of hydrogen-bond acceptors (Lipinski definition) is 4. The molecule has 1 aromatic carbocycles. The van der Waals surface area contributed by atoms with Gasteiger partial charge in [-0.3, -0.25) is 4.79 Å². The summed E-state index contributed by atoms with van der Waals surface area (Å²) in [4.78, 5) is 18.5. The Morgan fingerprint density at radius 3 is 2.38 bits per heavy atom. The quantitative estimate of drug-likeness (QED) is 0.829. The van der Waals surface area contributed by atoms with Crippen molar-refractivity contribution in [1.29, 1.82) is 0 Å². The minimum Gasteiger partial charge on any atom is -0.480 e. The zero-order valence-corrected chi connectivity index (χ0v) is 18.2. The van der Waals surface area contributed by atoms with Gasteiger partial charge in [0.1, 0.15) is 0 Å². The van der Waals surface area contributed by atoms with Gasteiger partial charge in [0.2, 0.25) is 11.8 Å². The summed E-state index contributed by atoms with van der Waals surface area (Å²) < 4.78 is 5.53. The topological polar surface area (TPSA) is 54.5 Å². The number of carbonyl (C=O) groups is 1. The van der Waals surface area contributed by atoms with E-state index in [1.807, 2.05) is 31.1 Å². The summed E-state index contributed by atoms with van der Waals surface area (Å²) >= 11 is 0. The van der Waals surface area contributed by atoms with Gasteiger partial charge in [0.15, 0.2) is 0 Å². The van der Waals surface area contributed by atoms with Crippen LogP contribution in [-0.2, 0) is 10.2 Å². The second kappa shape index (κ2) is 8.27. The fraction of sp³-hybridized carbons (Fsp3) is 0.417. The number of aromatic nitrogens is 1. The molecule has 154 valence electrons. The summed E-state index contributed by atoms with van der Waals surface area (Å²) in [6.45, 7) is 6.62. The molecule has 5 nitrogen and oxygen atoms in total. The highest BCUT2D eigenvalue weighted by molar-refractivity contribution is 5.83. The molecule has 1 N–H and O–H groups in total. The number of methoxy groups -OCH3 is 1. The molecule has 3 rings (SSSR count). The number of rotatable bonds is 5. The summed E-state index contributed by atoms with van der Waals surface area (Å²) in [5.74, 6) is 0.683. The molecule has 29 heavy (non-hydrogen) atoms. The lowest BCUT2D eigenvalue weighted by Crippen LogP contribution is -2.23. The van der Waals surface area contributed by atoms with Crippen LogP contribution in [0.25, 0.3) is 5.57 Å². The first-order valence-corrected chi connectivity index (χ1v) is 10.0. The van der Waals surface area contributed by atoms with Gasteiger partial charge in [-0.1, -0.05) is 51.1 Å². The van der Waals surface area contributed by atoms with Crippen molar-refractivity contribution in [3.05, 3.63) is 59.3 Å². The van der Waals surface area contributed by atoms with Crippen LogP contribution in [0.4, 0.5) is 5.69 Å². The van der Waals surface area contributed by atoms with Crippen molar-refractivity contribution in [2.45, 2.75) is 45.1 Å². The van der Waals surface area contributed by atoms with Crippen LogP contribution in [0.3, 0.4) is 0 Å². The van der Waals surface area contributed by atoms with Crippen molar-refractivity contribution in [3.63, 3.8) is 0 Å². The number of nitrogens with zero attached hydrogens (tertiary/aromatic N) is 2. The van der Waals surface area contributed by atoms with Gasteiger partial charge < -0.3 is 15.0 Å². The Labute approximate surface area is 173 Å². The molecule has 0 unspecified atom stereocenters. The molecule has 0 radical (unpaired) electrons. The van der Waals surface area contributed by atoms with E-state index in [9.17, 15) is 4.79 Å². The zero-order chi connectivity index (χ0) is 21.2. The first-order valence-electron chi connectivity index (χ1n) is 10.0. The second-order valence-electron chi connectivity index (χ2n) is 8.74. The number of nitrogens with one attached hydrogen (secondary N) is 1. The second-order valence-corrected chi connectivity index (χ2v) is 8.74. The van der Waals surface area contributed by atoms with E-state index in [2.05, 4.69) is 56.4 Å². The normalized spacial score (nSPS) is 17.2. The van der Waals surface area contributed by atoms with Crippen molar-refractivity contribution < 1.29 is 9.53 Å². The predicted molar refractivity (Wildman–Crippen MR) is 119 cm³/mol. The third kappa shape index (κ3) is 4.78. The molecule has 2 aromatic rings. The molecule has 0 saturated carbocycles. The van der Waals surface area contributed by atoms with Gasteiger partial charge in [-0.25, -0.2) is 4.98 Å². The Hall–Kier alpha value is -2.82. The Morgan fingerprint density at radius 1 is 1.17 bits per heavy atom. The Balaban J connectivity index is 2.07. The SMILES string of the molecule is COc1nc(C(=C[C@H]2CCC(=O)N2)c2ccc(C(C)(C)C)cc2)ccc1N(C)C. The fourth-order valence-electron chi connectivity index (χ4n) is 3.52. The van der Waals surface area contributed by atoms with E-state index in [0.717, 1.165) is 28.9 Å². The molecule has 5 heteroatoms. The van der Waals surface area contributed by atoms with E-state index in [0.29, 0.717) is 12.3 Å². The number of carbonyl (C=O) groups excluding carboxylic acids is 1. The molecule has 1 saturated heterocycles. The number of amides is 1. The molecule has 1 aromatic heterocycles. The maximum atomic E-state index is 11.7. The first kappa shape index (κ1) is 20.9. The van der Waals surface area contributed by atoms with Crippen LogP contribution in [-0.4, -0.2) is 38.1 Å². The molecular weight excluding hydrogens is 362 g/mol. The highest BCUT2D eigenvalue weighted by Crippen LogP contribution is 2.32. The summed E-state index contributed by atoms with van der Waals surface area (Å²) in [5.41, 5.74) is 5.21. The first-order chi connectivity index (χ1) is 13.7. The summed E-state index contributed by atoms with van der Waals surface area (Å²) in [6.07, 6.45) is 3.48. The third-order valence-electron chi connectivity index (χ3n) is 5.25. The van der Waals surface area contributed by atoms with Crippen molar-refractivity contribution >= 4 is 17.2 Å². The Kier molecular flexibility index (Phi) is 5.96. The number of ether oxygens (including phenoxy) is 1. The van der Waals surface area contributed by atoms with Crippen molar-refractivity contribution in [2.75, 3.05) is 26.1 Å². The van der Waals surface area contributed by atoms with Crippen LogP contribution in [0.5, 0.6) is 5.88 Å². The molecule has 2 heterocycles. The lowest BCUT2D eigenvalue weighted by Gasteiger charge is -2.20. The maximum Gasteiger partial charge on any atom is 0.237 e. The molecule has 1 aliphatic rings. The van der Waals surface area contributed by atoms with Crippen molar-refractivity contribution in [1.82, 2.24) is 10.3 Å². The van der Waals surface area contributed by atoms with Gasteiger partial charge in [0.25, 0.3) is 0 Å². The number of pyridine rings is 1. The van der Waals surface area contributed by atoms with Crippen molar-refractivity contribution in [3.8, 4) is 5.88 Å². The standard InChI is InChI=1S/C24H31N3O2/c1-24(2,3)17-9-7-16(8-10-17)19(15-18-11-14-22(28)25-18)20-12-13-21(27(4)5)23(26-20)29-6/h7-10,12-13,15,18H,11,14H2,1-6H3,(H,25,28)/t18-/m1/s1. The Bertz CT molecular complexity index is 909. The van der Waals surface area contributed by atoms with E-state index >= 15 is 0 Å². The molecule has 0 aliphatic carbocycles. The fourth-order valence-corrected chi connectivity index (χ4v) is 3.52. The molecule has 1 aliphatic heterocycles. The highest BCUT2D eigenvalue weighted by Gasteiger charge is 2.21. The van der Waals surface area contributed by atoms with Crippen LogP contribution in [0, 0.1) is 0 Å². The van der Waals surface area contributed by atoms with Gasteiger partial charge in [-0.15, -0.1) is 0 Å². The van der Waals surface area contributed by atoms with Gasteiger partial charge in [0, 0.05) is 32.1 Å². The van der Waals surface area contributed by atoms with Crippen LogP contribution in [0.2, 0.25) is 0 Å². The molecule has 1 amide bonds. The molecule has 1 atom stereocenters. The van der Waals surface area contributed by atoms with E-state index < -0.39 is 0 Å². The monoisotopic (exact) mass is 393 g/mol. The molecule has 1 fully saturated rings. The molecule has 0 bridgehead atoms. The smallest absolute Gasteiger partial charge is 0.237 e. The van der Waals surface area contributed by atoms with Crippen LogP contribution in [0.15, 0.2) is 42.5 Å². The number of hydrogen-bond donors (Lipinski definition) is 1. The molecular formula is C24H31N3O2. The van der Waals surface area contributed by atoms with Gasteiger partial charge in [-0.2, -0.15) is 0 Å². The lowest BCUT2D eigenvalue weighted by molar-refractivity contribution is -0.119. The zero-order valence-electron chi connectivity index (χ0n) is 18.2. The van der Waals surface area contributed by atoms with Crippen LogP contribution < -0.4 is 15.0 Å².